The number of nitrogens with zero attached hydrogens (tertiary/aromatic N) is 4. The Kier molecular flexibility index (Phi) is 5.13. The molecule has 21 heavy (non-hydrogen) atoms. The molecule has 2 atom stereocenters. The fraction of sp³-hybridized carbons (Fsp3) is 0.714. The van der Waals surface area contributed by atoms with Crippen LogP contribution in [-0.4, -0.2) is 59.9 Å². The maximum atomic E-state index is 12.0. The summed E-state index contributed by atoms with van der Waals surface area (Å²) in [5.74, 6) is -0.296. The van der Waals surface area contributed by atoms with E-state index in [0.717, 1.165) is 25.7 Å². The number of rotatable bonds is 4. The van der Waals surface area contributed by atoms with Crippen molar-refractivity contribution < 1.29 is 9.59 Å². The molecule has 1 N–H and O–H groups in total. The molecule has 2 aliphatic heterocycles. The Hall–Kier alpha value is -2.12. The molecule has 0 aromatic carbocycles. The van der Waals surface area contributed by atoms with Crippen LogP contribution in [0.5, 0.6) is 0 Å². The summed E-state index contributed by atoms with van der Waals surface area (Å²) in [6, 6.07) is 3.56. The zero-order valence-electron chi connectivity index (χ0n) is 11.9. The van der Waals surface area contributed by atoms with Gasteiger partial charge in [0.1, 0.15) is 12.1 Å². The van der Waals surface area contributed by atoms with Gasteiger partial charge in [0.2, 0.25) is 11.8 Å². The summed E-state index contributed by atoms with van der Waals surface area (Å²) in [7, 11) is 0. The number of carbonyl (C=O) groups is 2. The number of amides is 2. The standard InChI is InChI=1S/C14H19N5O2/c15-7-11-3-1-5-18(11)13(20)9-17-10-14(21)19-6-2-4-12(19)8-16/h11-12,17H,1-6,9-10H2. The third-order valence-electron chi connectivity index (χ3n) is 4.00. The molecule has 7 heteroatoms. The lowest BCUT2D eigenvalue weighted by Crippen LogP contribution is -2.45. The first kappa shape index (κ1) is 15.3. The molecule has 2 amide bonds. The van der Waals surface area contributed by atoms with Gasteiger partial charge in [-0.3, -0.25) is 14.9 Å². The molecule has 0 saturated carbocycles. The highest BCUT2D eigenvalue weighted by Gasteiger charge is 2.30. The molecule has 2 heterocycles. The van der Waals surface area contributed by atoms with E-state index in [-0.39, 0.29) is 37.0 Å². The van der Waals surface area contributed by atoms with Crippen LogP contribution >= 0.6 is 0 Å². The van der Waals surface area contributed by atoms with E-state index in [1.165, 1.54) is 0 Å². The van der Waals surface area contributed by atoms with E-state index in [4.69, 9.17) is 10.5 Å². The average Bonchev–Trinajstić information content (AvgIpc) is 3.15. The van der Waals surface area contributed by atoms with Crippen molar-refractivity contribution in [1.82, 2.24) is 15.1 Å². The van der Waals surface area contributed by atoms with Crippen LogP contribution in [0.2, 0.25) is 0 Å². The van der Waals surface area contributed by atoms with Crippen molar-refractivity contribution in [2.45, 2.75) is 37.8 Å². The molecule has 2 fully saturated rings. The summed E-state index contributed by atoms with van der Waals surface area (Å²) >= 11 is 0. The molecular formula is C14H19N5O2. The summed E-state index contributed by atoms with van der Waals surface area (Å²) < 4.78 is 0. The second kappa shape index (κ2) is 7.05. The maximum Gasteiger partial charge on any atom is 0.237 e. The molecule has 2 unspecified atom stereocenters. The Morgan fingerprint density at radius 2 is 1.38 bits per heavy atom. The highest BCUT2D eigenvalue weighted by atomic mass is 16.2. The van der Waals surface area contributed by atoms with Crippen molar-refractivity contribution in [3.8, 4) is 12.1 Å². The van der Waals surface area contributed by atoms with Crippen molar-refractivity contribution in [3.63, 3.8) is 0 Å². The highest BCUT2D eigenvalue weighted by molar-refractivity contribution is 5.82. The lowest BCUT2D eigenvalue weighted by Gasteiger charge is -2.21. The molecular weight excluding hydrogens is 270 g/mol. The van der Waals surface area contributed by atoms with Gasteiger partial charge in [-0.1, -0.05) is 0 Å². The zero-order chi connectivity index (χ0) is 15.2. The minimum Gasteiger partial charge on any atom is -0.326 e. The van der Waals surface area contributed by atoms with E-state index in [1.807, 2.05) is 0 Å². The van der Waals surface area contributed by atoms with Crippen molar-refractivity contribution in [3.05, 3.63) is 0 Å². The SMILES string of the molecule is N#CC1CCCN1C(=O)CNCC(=O)N1CCCC1C#N. The van der Waals surface area contributed by atoms with Crippen molar-refractivity contribution in [1.29, 1.82) is 10.5 Å². The molecule has 112 valence electrons. The van der Waals surface area contributed by atoms with Gasteiger partial charge in [0.15, 0.2) is 0 Å². The zero-order valence-corrected chi connectivity index (χ0v) is 11.9. The van der Waals surface area contributed by atoms with Crippen LogP contribution in [0.15, 0.2) is 0 Å². The first-order valence-corrected chi connectivity index (χ1v) is 7.26. The second-order valence-corrected chi connectivity index (χ2v) is 5.35. The van der Waals surface area contributed by atoms with Crippen LogP contribution in [0.1, 0.15) is 25.7 Å². The molecule has 0 spiro atoms. The van der Waals surface area contributed by atoms with Crippen LogP contribution in [0.3, 0.4) is 0 Å². The largest absolute Gasteiger partial charge is 0.326 e. The van der Waals surface area contributed by atoms with E-state index in [1.54, 1.807) is 9.80 Å². The molecule has 7 nitrogen and oxygen atoms in total. The number of nitrogens with one attached hydrogen (secondary N) is 1. The Morgan fingerprint density at radius 3 is 1.76 bits per heavy atom. The van der Waals surface area contributed by atoms with E-state index < -0.39 is 0 Å². The fourth-order valence-corrected chi connectivity index (χ4v) is 2.88. The van der Waals surface area contributed by atoms with Gasteiger partial charge in [-0.2, -0.15) is 10.5 Å². The molecule has 2 aliphatic rings. The lowest BCUT2D eigenvalue weighted by atomic mass is 10.2. The van der Waals surface area contributed by atoms with Gasteiger partial charge >= 0.3 is 0 Å². The molecule has 0 aromatic rings. The number of hydrogen-bond donors (Lipinski definition) is 1. The number of carbonyl (C=O) groups excluding carboxylic acids is 2. The fourth-order valence-electron chi connectivity index (χ4n) is 2.88. The number of hydrogen-bond acceptors (Lipinski definition) is 5. The molecule has 2 rings (SSSR count). The van der Waals surface area contributed by atoms with Crippen LogP contribution < -0.4 is 5.32 Å². The summed E-state index contributed by atoms with van der Waals surface area (Å²) in [6.45, 7) is 1.31. The molecule has 0 bridgehead atoms. The van der Waals surface area contributed by atoms with Gasteiger partial charge in [0.25, 0.3) is 0 Å². The monoisotopic (exact) mass is 289 g/mol. The third-order valence-corrected chi connectivity index (χ3v) is 4.00. The Bertz CT molecular complexity index is 449. The van der Waals surface area contributed by atoms with Gasteiger partial charge in [-0.05, 0) is 25.7 Å². The summed E-state index contributed by atoms with van der Waals surface area (Å²) in [5, 5.41) is 20.7. The van der Waals surface area contributed by atoms with E-state index in [9.17, 15) is 9.59 Å². The molecule has 0 aromatic heterocycles. The number of likely N-dealkylation sites (tertiary alicyclic amines) is 2. The molecule has 2 saturated heterocycles. The normalized spacial score (nSPS) is 24.7. The van der Waals surface area contributed by atoms with E-state index >= 15 is 0 Å². The highest BCUT2D eigenvalue weighted by Crippen LogP contribution is 2.17. The van der Waals surface area contributed by atoms with Gasteiger partial charge in [0.05, 0.1) is 25.2 Å². The molecule has 0 radical (unpaired) electrons. The number of nitriles is 2. The molecule has 0 aliphatic carbocycles. The van der Waals surface area contributed by atoms with Crippen LogP contribution in [0, 0.1) is 22.7 Å². The Balaban J connectivity index is 1.74. The van der Waals surface area contributed by atoms with E-state index in [0.29, 0.717) is 13.1 Å². The van der Waals surface area contributed by atoms with Crippen LogP contribution in [-0.2, 0) is 9.59 Å². The maximum absolute atomic E-state index is 12.0. The summed E-state index contributed by atoms with van der Waals surface area (Å²) in [6.07, 6.45) is 3.14. The summed E-state index contributed by atoms with van der Waals surface area (Å²) in [4.78, 5) is 27.1. The smallest absolute Gasteiger partial charge is 0.237 e. The minimum absolute atomic E-state index is 0.0506. The lowest BCUT2D eigenvalue weighted by molar-refractivity contribution is -0.131. The van der Waals surface area contributed by atoms with Crippen molar-refractivity contribution in [2.24, 2.45) is 0 Å². The van der Waals surface area contributed by atoms with Gasteiger partial charge in [-0.15, -0.1) is 0 Å². The van der Waals surface area contributed by atoms with Crippen LogP contribution in [0.25, 0.3) is 0 Å². The Labute approximate surface area is 124 Å². The van der Waals surface area contributed by atoms with Gasteiger partial charge in [0, 0.05) is 13.1 Å². The van der Waals surface area contributed by atoms with Gasteiger partial charge < -0.3 is 9.80 Å². The van der Waals surface area contributed by atoms with Gasteiger partial charge in [-0.25, -0.2) is 0 Å². The first-order valence-electron chi connectivity index (χ1n) is 7.26. The van der Waals surface area contributed by atoms with Crippen molar-refractivity contribution >= 4 is 11.8 Å². The predicted octanol–water partition coefficient (Wildman–Crippen LogP) is -0.395. The first-order chi connectivity index (χ1) is 10.2. The predicted molar refractivity (Wildman–Crippen MR) is 73.6 cm³/mol. The second-order valence-electron chi connectivity index (χ2n) is 5.35. The van der Waals surface area contributed by atoms with Crippen LogP contribution in [0.4, 0.5) is 0 Å². The van der Waals surface area contributed by atoms with Crippen molar-refractivity contribution in [2.75, 3.05) is 26.2 Å². The average molecular weight is 289 g/mol. The topological polar surface area (TPSA) is 100 Å². The summed E-state index contributed by atoms with van der Waals surface area (Å²) in [5.41, 5.74) is 0. The Morgan fingerprint density at radius 1 is 0.952 bits per heavy atom. The minimum atomic E-state index is -0.337. The van der Waals surface area contributed by atoms with E-state index in [2.05, 4.69) is 17.5 Å². The third kappa shape index (κ3) is 3.50. The quantitative estimate of drug-likeness (QED) is 0.759.